The van der Waals surface area contributed by atoms with E-state index in [9.17, 15) is 0 Å². The lowest BCUT2D eigenvalue weighted by molar-refractivity contribution is 0.712. The number of aromatic nitrogens is 2. The van der Waals surface area contributed by atoms with Gasteiger partial charge in [-0.15, -0.1) is 11.3 Å². The van der Waals surface area contributed by atoms with Gasteiger partial charge in [0.2, 0.25) is 0 Å². The standard InChI is InChI=1S/C14H10BrN3S2/c15-13-4-2-10(20-13)5-6-18-12-7-9(8-16)1-3-11(12)17-14(18)19/h1-4,7H,5-6H2,(H,17,19). The van der Waals surface area contributed by atoms with E-state index in [0.29, 0.717) is 10.3 Å². The van der Waals surface area contributed by atoms with Gasteiger partial charge in [-0.2, -0.15) is 5.26 Å². The first-order valence-corrected chi connectivity index (χ1v) is 8.06. The Kier molecular flexibility index (Phi) is 3.74. The molecule has 0 atom stereocenters. The van der Waals surface area contributed by atoms with Crippen LogP contribution >= 0.6 is 39.5 Å². The quantitative estimate of drug-likeness (QED) is 0.689. The van der Waals surface area contributed by atoms with Crippen LogP contribution in [0.2, 0.25) is 0 Å². The number of thiophene rings is 1. The normalized spacial score (nSPS) is 10.8. The summed E-state index contributed by atoms with van der Waals surface area (Å²) in [4.78, 5) is 4.49. The zero-order chi connectivity index (χ0) is 14.1. The zero-order valence-corrected chi connectivity index (χ0v) is 13.6. The first kappa shape index (κ1) is 13.6. The first-order chi connectivity index (χ1) is 9.67. The molecule has 1 aromatic carbocycles. The molecule has 0 bridgehead atoms. The number of aromatic amines is 1. The lowest BCUT2D eigenvalue weighted by Crippen LogP contribution is -2.00. The lowest BCUT2D eigenvalue weighted by atomic mass is 10.2. The molecule has 3 aromatic rings. The highest BCUT2D eigenvalue weighted by atomic mass is 79.9. The Balaban J connectivity index is 1.96. The molecule has 6 heteroatoms. The summed E-state index contributed by atoms with van der Waals surface area (Å²) in [6, 6.07) is 11.9. The van der Waals surface area contributed by atoms with E-state index in [0.717, 1.165) is 27.8 Å². The van der Waals surface area contributed by atoms with Crippen molar-refractivity contribution >= 4 is 50.5 Å². The van der Waals surface area contributed by atoms with Crippen LogP contribution in [0, 0.1) is 16.1 Å². The molecule has 1 N–H and O–H groups in total. The van der Waals surface area contributed by atoms with Crippen molar-refractivity contribution in [2.45, 2.75) is 13.0 Å². The summed E-state index contributed by atoms with van der Waals surface area (Å²) in [5.74, 6) is 0. The number of halogens is 1. The second-order valence-corrected chi connectivity index (χ2v) is 7.32. The van der Waals surface area contributed by atoms with Crippen molar-refractivity contribution in [3.05, 3.63) is 49.3 Å². The molecular formula is C14H10BrN3S2. The molecule has 0 aliphatic heterocycles. The van der Waals surface area contributed by atoms with Crippen LogP contribution in [0.3, 0.4) is 0 Å². The second-order valence-electron chi connectivity index (χ2n) is 4.38. The van der Waals surface area contributed by atoms with Crippen LogP contribution in [0.1, 0.15) is 10.4 Å². The van der Waals surface area contributed by atoms with Crippen LogP contribution in [0.15, 0.2) is 34.1 Å². The average molecular weight is 364 g/mol. The molecule has 0 unspecified atom stereocenters. The Hall–Kier alpha value is -1.42. The van der Waals surface area contributed by atoms with Crippen LogP contribution in [-0.2, 0) is 13.0 Å². The van der Waals surface area contributed by atoms with Gasteiger partial charge in [-0.05, 0) is 64.9 Å². The summed E-state index contributed by atoms with van der Waals surface area (Å²) >= 11 is 10.6. The SMILES string of the molecule is N#Cc1ccc2[nH]c(=S)n(CCc3ccc(Br)s3)c2c1. The van der Waals surface area contributed by atoms with Gasteiger partial charge in [0.1, 0.15) is 0 Å². The molecule has 0 saturated carbocycles. The highest BCUT2D eigenvalue weighted by molar-refractivity contribution is 9.11. The Morgan fingerprint density at radius 2 is 2.20 bits per heavy atom. The third-order valence-corrected chi connectivity index (χ3v) is 5.12. The van der Waals surface area contributed by atoms with E-state index in [-0.39, 0.29) is 0 Å². The molecule has 0 spiro atoms. The van der Waals surface area contributed by atoms with E-state index in [2.05, 4.69) is 43.7 Å². The van der Waals surface area contributed by atoms with Crippen LogP contribution in [0.5, 0.6) is 0 Å². The topological polar surface area (TPSA) is 44.5 Å². The molecule has 0 radical (unpaired) electrons. The van der Waals surface area contributed by atoms with Gasteiger partial charge in [0, 0.05) is 11.4 Å². The maximum Gasteiger partial charge on any atom is 0.178 e. The van der Waals surface area contributed by atoms with Gasteiger partial charge < -0.3 is 9.55 Å². The molecule has 0 saturated heterocycles. The Morgan fingerprint density at radius 3 is 2.90 bits per heavy atom. The Bertz CT molecular complexity index is 867. The van der Waals surface area contributed by atoms with E-state index in [1.807, 2.05) is 12.1 Å². The van der Waals surface area contributed by atoms with E-state index >= 15 is 0 Å². The highest BCUT2D eigenvalue weighted by Gasteiger charge is 2.06. The number of rotatable bonds is 3. The molecule has 3 rings (SSSR count). The number of fused-ring (bicyclic) bond motifs is 1. The van der Waals surface area contributed by atoms with E-state index in [1.165, 1.54) is 4.88 Å². The number of nitrogens with one attached hydrogen (secondary N) is 1. The minimum absolute atomic E-state index is 0.652. The first-order valence-electron chi connectivity index (χ1n) is 6.04. The number of nitriles is 1. The lowest BCUT2D eigenvalue weighted by Gasteiger charge is -2.03. The third-order valence-electron chi connectivity index (χ3n) is 3.12. The maximum absolute atomic E-state index is 9.01. The van der Waals surface area contributed by atoms with Gasteiger partial charge in [0.15, 0.2) is 4.77 Å². The Morgan fingerprint density at radius 1 is 1.35 bits per heavy atom. The molecule has 0 fully saturated rings. The van der Waals surface area contributed by atoms with Crippen LogP contribution in [0.4, 0.5) is 0 Å². The van der Waals surface area contributed by atoms with Crippen molar-refractivity contribution in [2.24, 2.45) is 0 Å². The summed E-state index contributed by atoms with van der Waals surface area (Å²) < 4.78 is 3.89. The van der Waals surface area contributed by atoms with Crippen LogP contribution in [0.25, 0.3) is 11.0 Å². The predicted molar refractivity (Wildman–Crippen MR) is 87.6 cm³/mol. The Labute approximate surface area is 133 Å². The summed E-state index contributed by atoms with van der Waals surface area (Å²) in [5.41, 5.74) is 2.62. The fourth-order valence-electron chi connectivity index (χ4n) is 2.15. The van der Waals surface area contributed by atoms with E-state index in [4.69, 9.17) is 17.5 Å². The number of benzene rings is 1. The maximum atomic E-state index is 9.01. The van der Waals surface area contributed by atoms with Gasteiger partial charge >= 0.3 is 0 Å². The molecule has 2 aromatic heterocycles. The minimum Gasteiger partial charge on any atom is -0.331 e. The summed E-state index contributed by atoms with van der Waals surface area (Å²) in [5, 5.41) is 9.01. The zero-order valence-electron chi connectivity index (χ0n) is 10.4. The van der Waals surface area contributed by atoms with E-state index in [1.54, 1.807) is 17.4 Å². The fourth-order valence-corrected chi connectivity index (χ4v) is 3.92. The number of hydrogen-bond acceptors (Lipinski definition) is 3. The van der Waals surface area contributed by atoms with Crippen LogP contribution in [-0.4, -0.2) is 9.55 Å². The van der Waals surface area contributed by atoms with Crippen molar-refractivity contribution in [1.82, 2.24) is 9.55 Å². The van der Waals surface area contributed by atoms with Gasteiger partial charge in [0.05, 0.1) is 26.5 Å². The number of aryl methyl sites for hydroxylation is 2. The summed E-state index contributed by atoms with van der Waals surface area (Å²) in [6.45, 7) is 0.806. The van der Waals surface area contributed by atoms with Crippen molar-refractivity contribution in [1.29, 1.82) is 5.26 Å². The number of imidazole rings is 1. The van der Waals surface area contributed by atoms with Crippen molar-refractivity contribution in [2.75, 3.05) is 0 Å². The predicted octanol–water partition coefficient (Wildman–Crippen LogP) is 4.64. The summed E-state index contributed by atoms with van der Waals surface area (Å²) in [7, 11) is 0. The molecule has 3 nitrogen and oxygen atoms in total. The van der Waals surface area contributed by atoms with Crippen molar-refractivity contribution < 1.29 is 0 Å². The molecular weight excluding hydrogens is 354 g/mol. The van der Waals surface area contributed by atoms with Crippen LogP contribution < -0.4 is 0 Å². The minimum atomic E-state index is 0.652. The van der Waals surface area contributed by atoms with Crippen molar-refractivity contribution in [3.63, 3.8) is 0 Å². The number of hydrogen-bond donors (Lipinski definition) is 1. The average Bonchev–Trinajstić information content (AvgIpc) is 2.98. The van der Waals surface area contributed by atoms with Gasteiger partial charge in [0.25, 0.3) is 0 Å². The van der Waals surface area contributed by atoms with Gasteiger partial charge in [-0.25, -0.2) is 0 Å². The number of H-pyrrole nitrogens is 1. The number of nitrogens with zero attached hydrogens (tertiary/aromatic N) is 2. The van der Waals surface area contributed by atoms with Gasteiger partial charge in [-0.1, -0.05) is 0 Å². The summed E-state index contributed by atoms with van der Waals surface area (Å²) in [6.07, 6.45) is 0.925. The molecule has 0 amide bonds. The van der Waals surface area contributed by atoms with Gasteiger partial charge in [-0.3, -0.25) is 0 Å². The molecule has 0 aliphatic rings. The van der Waals surface area contributed by atoms with Crippen molar-refractivity contribution in [3.8, 4) is 6.07 Å². The fraction of sp³-hybridized carbons (Fsp3) is 0.143. The largest absolute Gasteiger partial charge is 0.331 e. The molecule has 20 heavy (non-hydrogen) atoms. The highest BCUT2D eigenvalue weighted by Crippen LogP contribution is 2.23. The van der Waals surface area contributed by atoms with E-state index < -0.39 is 0 Å². The molecule has 100 valence electrons. The molecule has 0 aliphatic carbocycles. The second kappa shape index (κ2) is 5.52. The smallest absolute Gasteiger partial charge is 0.178 e. The molecule has 2 heterocycles. The third kappa shape index (κ3) is 2.57. The monoisotopic (exact) mass is 363 g/mol.